The fraction of sp³-hybridized carbons (Fsp3) is 0.267. The van der Waals surface area contributed by atoms with Crippen molar-refractivity contribution < 1.29 is 21.6 Å². The average Bonchev–Trinajstić information content (AvgIpc) is 3.24. The lowest BCUT2D eigenvalue weighted by Crippen LogP contribution is -2.14. The number of hydrogen-bond acceptors (Lipinski definition) is 5. The maximum absolute atomic E-state index is 12.8. The molecule has 0 aliphatic rings. The third kappa shape index (κ3) is 4.45. The second-order valence-electron chi connectivity index (χ2n) is 5.60. The predicted octanol–water partition coefficient (Wildman–Crippen LogP) is 2.36. The van der Waals surface area contributed by atoms with Gasteiger partial charge in [0.2, 0.25) is 0 Å². The number of halogens is 3. The molecule has 1 N–H and O–H groups in total. The van der Waals surface area contributed by atoms with Crippen LogP contribution in [0.4, 0.5) is 19.1 Å². The lowest BCUT2D eigenvalue weighted by molar-refractivity contribution is -0.137. The van der Waals surface area contributed by atoms with Crippen molar-refractivity contribution >= 4 is 16.0 Å². The number of nitrogens with one attached hydrogen (secondary N) is 1. The van der Waals surface area contributed by atoms with Crippen LogP contribution in [0.15, 0.2) is 47.9 Å². The zero-order chi connectivity index (χ0) is 19.7. The molecule has 0 saturated carbocycles. The van der Waals surface area contributed by atoms with E-state index in [-0.39, 0.29) is 17.4 Å². The van der Waals surface area contributed by atoms with Gasteiger partial charge in [-0.3, -0.25) is 4.68 Å². The Morgan fingerprint density at radius 3 is 2.67 bits per heavy atom. The van der Waals surface area contributed by atoms with Gasteiger partial charge in [0.15, 0.2) is 0 Å². The van der Waals surface area contributed by atoms with Gasteiger partial charge in [0, 0.05) is 12.7 Å². The van der Waals surface area contributed by atoms with Crippen molar-refractivity contribution in [1.29, 1.82) is 0 Å². The van der Waals surface area contributed by atoms with E-state index in [2.05, 4.69) is 19.9 Å². The van der Waals surface area contributed by atoms with Crippen LogP contribution in [0.2, 0.25) is 0 Å². The van der Waals surface area contributed by atoms with Gasteiger partial charge in [0.25, 0.3) is 16.0 Å². The van der Waals surface area contributed by atoms with Crippen molar-refractivity contribution in [3.05, 3.63) is 54.1 Å². The number of aromatic nitrogens is 5. The minimum Gasteiger partial charge on any atom is -0.272 e. The van der Waals surface area contributed by atoms with Gasteiger partial charge < -0.3 is 0 Å². The Morgan fingerprint density at radius 2 is 2.00 bits per heavy atom. The summed E-state index contributed by atoms with van der Waals surface area (Å²) in [4.78, 5) is 3.79. The Hall–Kier alpha value is -2.89. The van der Waals surface area contributed by atoms with Crippen LogP contribution in [0.5, 0.6) is 0 Å². The minimum absolute atomic E-state index is 0.00636. The predicted molar refractivity (Wildman–Crippen MR) is 89.3 cm³/mol. The number of hydrogen-bond donors (Lipinski definition) is 1. The van der Waals surface area contributed by atoms with Crippen LogP contribution in [0, 0.1) is 0 Å². The van der Waals surface area contributed by atoms with E-state index in [9.17, 15) is 21.6 Å². The Balaban J connectivity index is 1.73. The SMILES string of the molecule is CCn1cc(S(=O)(=O)Nc2ncn(Cc3cccc(C(F)(F)F)c3)n2)cn1. The molecule has 3 rings (SSSR count). The van der Waals surface area contributed by atoms with Gasteiger partial charge in [-0.25, -0.2) is 17.8 Å². The highest BCUT2D eigenvalue weighted by Crippen LogP contribution is 2.29. The van der Waals surface area contributed by atoms with E-state index in [1.165, 1.54) is 40.2 Å². The van der Waals surface area contributed by atoms with Crippen molar-refractivity contribution in [1.82, 2.24) is 24.5 Å². The van der Waals surface area contributed by atoms with Crippen LogP contribution in [-0.4, -0.2) is 33.0 Å². The molecule has 27 heavy (non-hydrogen) atoms. The van der Waals surface area contributed by atoms with E-state index in [0.29, 0.717) is 12.1 Å². The first kappa shape index (κ1) is 18.9. The lowest BCUT2D eigenvalue weighted by Gasteiger charge is -2.08. The first-order valence-corrected chi connectivity index (χ1v) is 9.26. The Kier molecular flexibility index (Phi) is 4.91. The van der Waals surface area contributed by atoms with E-state index in [4.69, 9.17) is 0 Å². The van der Waals surface area contributed by atoms with Gasteiger partial charge >= 0.3 is 6.18 Å². The highest BCUT2D eigenvalue weighted by atomic mass is 32.2. The van der Waals surface area contributed by atoms with Crippen LogP contribution in [0.25, 0.3) is 0 Å². The van der Waals surface area contributed by atoms with Crippen molar-refractivity contribution in [3.8, 4) is 0 Å². The normalized spacial score (nSPS) is 12.3. The molecule has 12 heteroatoms. The fourth-order valence-electron chi connectivity index (χ4n) is 2.29. The third-order valence-electron chi connectivity index (χ3n) is 3.60. The summed E-state index contributed by atoms with van der Waals surface area (Å²) in [5.74, 6) is -0.189. The standard InChI is InChI=1S/C15H15F3N6O2S/c1-2-23-9-13(7-20-23)27(25,26)22-14-19-10-24(21-14)8-11-4-3-5-12(6-11)15(16,17)18/h3-7,9-10H,2,8H2,1H3,(H,21,22). The summed E-state index contributed by atoms with van der Waals surface area (Å²) in [7, 11) is -3.91. The lowest BCUT2D eigenvalue weighted by atomic mass is 10.1. The number of anilines is 1. The minimum atomic E-state index is -4.44. The van der Waals surface area contributed by atoms with Crippen molar-refractivity contribution in [3.63, 3.8) is 0 Å². The van der Waals surface area contributed by atoms with Gasteiger partial charge in [-0.15, -0.1) is 5.10 Å². The number of alkyl halides is 3. The summed E-state index contributed by atoms with van der Waals surface area (Å²) in [6.07, 6.45) is -0.650. The third-order valence-corrected chi connectivity index (χ3v) is 4.89. The van der Waals surface area contributed by atoms with Crippen molar-refractivity contribution in [2.45, 2.75) is 31.1 Å². The van der Waals surface area contributed by atoms with Gasteiger partial charge in [-0.1, -0.05) is 12.1 Å². The Bertz CT molecular complexity index is 1040. The second kappa shape index (κ2) is 7.02. The van der Waals surface area contributed by atoms with E-state index < -0.39 is 21.8 Å². The molecular weight excluding hydrogens is 385 g/mol. The molecule has 1 aromatic carbocycles. The number of rotatable bonds is 6. The first-order valence-electron chi connectivity index (χ1n) is 7.78. The van der Waals surface area contributed by atoms with E-state index in [1.807, 2.05) is 6.92 Å². The molecule has 0 fully saturated rings. The molecule has 0 amide bonds. The summed E-state index contributed by atoms with van der Waals surface area (Å²) < 4.78 is 67.8. The van der Waals surface area contributed by atoms with Crippen LogP contribution >= 0.6 is 0 Å². The summed E-state index contributed by atoms with van der Waals surface area (Å²) in [5, 5.41) is 7.83. The Morgan fingerprint density at radius 1 is 1.22 bits per heavy atom. The molecule has 144 valence electrons. The van der Waals surface area contributed by atoms with E-state index >= 15 is 0 Å². The molecule has 3 aromatic rings. The maximum Gasteiger partial charge on any atom is 0.416 e. The quantitative estimate of drug-likeness (QED) is 0.686. The largest absolute Gasteiger partial charge is 0.416 e. The number of nitrogens with zero attached hydrogens (tertiary/aromatic N) is 5. The summed E-state index contributed by atoms with van der Waals surface area (Å²) in [5.41, 5.74) is -0.415. The monoisotopic (exact) mass is 400 g/mol. The zero-order valence-electron chi connectivity index (χ0n) is 14.1. The summed E-state index contributed by atoms with van der Waals surface area (Å²) in [6.45, 7) is 2.33. The van der Waals surface area contributed by atoms with Gasteiger partial charge in [-0.2, -0.15) is 23.3 Å². The number of aryl methyl sites for hydroxylation is 1. The molecule has 2 aromatic heterocycles. The Labute approximate surface area is 152 Å². The molecule has 0 bridgehead atoms. The van der Waals surface area contributed by atoms with Gasteiger partial charge in [0.05, 0.1) is 18.3 Å². The zero-order valence-corrected chi connectivity index (χ0v) is 14.9. The van der Waals surface area contributed by atoms with Crippen LogP contribution in [0.1, 0.15) is 18.1 Å². The molecule has 0 atom stereocenters. The molecule has 0 spiro atoms. The molecule has 0 aliphatic carbocycles. The van der Waals surface area contributed by atoms with E-state index in [0.717, 1.165) is 12.1 Å². The van der Waals surface area contributed by atoms with Crippen molar-refractivity contribution in [2.75, 3.05) is 4.72 Å². The molecule has 0 radical (unpaired) electrons. The van der Waals surface area contributed by atoms with Crippen LogP contribution in [-0.2, 0) is 29.3 Å². The molecule has 0 saturated heterocycles. The highest BCUT2D eigenvalue weighted by Gasteiger charge is 2.30. The molecular formula is C15H15F3N6O2S. The molecule has 2 heterocycles. The second-order valence-corrected chi connectivity index (χ2v) is 7.28. The number of sulfonamides is 1. The summed E-state index contributed by atoms with van der Waals surface area (Å²) in [6, 6.07) is 4.79. The summed E-state index contributed by atoms with van der Waals surface area (Å²) >= 11 is 0. The van der Waals surface area contributed by atoms with Crippen LogP contribution < -0.4 is 4.72 Å². The molecule has 8 nitrogen and oxygen atoms in total. The molecule has 0 unspecified atom stereocenters. The molecule has 0 aliphatic heterocycles. The highest BCUT2D eigenvalue weighted by molar-refractivity contribution is 7.92. The van der Waals surface area contributed by atoms with Gasteiger partial charge in [-0.05, 0) is 24.6 Å². The fourth-order valence-corrected chi connectivity index (χ4v) is 3.18. The number of benzene rings is 1. The van der Waals surface area contributed by atoms with Crippen molar-refractivity contribution in [2.24, 2.45) is 0 Å². The maximum atomic E-state index is 12.8. The first-order chi connectivity index (χ1) is 12.7. The van der Waals surface area contributed by atoms with Gasteiger partial charge in [0.1, 0.15) is 11.2 Å². The topological polar surface area (TPSA) is 94.7 Å². The van der Waals surface area contributed by atoms with Crippen LogP contribution in [0.3, 0.4) is 0 Å². The smallest absolute Gasteiger partial charge is 0.272 e. The van der Waals surface area contributed by atoms with E-state index in [1.54, 1.807) is 0 Å². The average molecular weight is 400 g/mol.